The highest BCUT2D eigenvalue weighted by Crippen LogP contribution is 2.24. The van der Waals surface area contributed by atoms with Crippen LogP contribution in [-0.2, 0) is 11.2 Å². The standard InChI is InChI=1S/C14H21NO/c1-11-8-13(10-16-11)14(15-2)9-12-6-4-3-5-7-12/h3-7,11,13-15H,8-10H2,1-2H3. The van der Waals surface area contributed by atoms with Gasteiger partial charge in [-0.3, -0.25) is 0 Å². The van der Waals surface area contributed by atoms with Crippen molar-refractivity contribution >= 4 is 0 Å². The van der Waals surface area contributed by atoms with E-state index in [1.807, 2.05) is 0 Å². The van der Waals surface area contributed by atoms with Gasteiger partial charge < -0.3 is 10.1 Å². The Morgan fingerprint density at radius 3 is 2.69 bits per heavy atom. The van der Waals surface area contributed by atoms with Gasteiger partial charge in [-0.2, -0.15) is 0 Å². The third kappa shape index (κ3) is 2.83. The van der Waals surface area contributed by atoms with Crippen LogP contribution in [0.25, 0.3) is 0 Å². The molecule has 1 fully saturated rings. The van der Waals surface area contributed by atoms with E-state index in [1.54, 1.807) is 0 Å². The maximum Gasteiger partial charge on any atom is 0.0551 e. The van der Waals surface area contributed by atoms with E-state index in [-0.39, 0.29) is 0 Å². The molecule has 0 radical (unpaired) electrons. The predicted molar refractivity (Wildman–Crippen MR) is 66.5 cm³/mol. The predicted octanol–water partition coefficient (Wildman–Crippen LogP) is 2.24. The highest BCUT2D eigenvalue weighted by molar-refractivity contribution is 5.16. The first-order valence-corrected chi connectivity index (χ1v) is 6.12. The Balaban J connectivity index is 1.96. The zero-order chi connectivity index (χ0) is 11.4. The molecule has 1 aromatic rings. The topological polar surface area (TPSA) is 21.3 Å². The molecule has 0 spiro atoms. The Morgan fingerprint density at radius 2 is 2.12 bits per heavy atom. The molecule has 0 aliphatic carbocycles. The summed E-state index contributed by atoms with van der Waals surface area (Å²) in [5.41, 5.74) is 1.40. The van der Waals surface area contributed by atoms with Crippen LogP contribution in [0.15, 0.2) is 30.3 Å². The van der Waals surface area contributed by atoms with E-state index in [0.29, 0.717) is 18.1 Å². The molecule has 88 valence electrons. The number of likely N-dealkylation sites (N-methyl/N-ethyl adjacent to an activating group) is 1. The summed E-state index contributed by atoms with van der Waals surface area (Å²) >= 11 is 0. The number of ether oxygens (including phenoxy) is 1. The minimum Gasteiger partial charge on any atom is -0.378 e. The van der Waals surface area contributed by atoms with Gasteiger partial charge in [0.05, 0.1) is 12.7 Å². The lowest BCUT2D eigenvalue weighted by Gasteiger charge is -2.22. The van der Waals surface area contributed by atoms with Crippen LogP contribution in [0, 0.1) is 5.92 Å². The first kappa shape index (κ1) is 11.6. The molecule has 0 amide bonds. The molecule has 3 unspecified atom stereocenters. The minimum absolute atomic E-state index is 0.427. The second-order valence-electron chi connectivity index (χ2n) is 4.72. The van der Waals surface area contributed by atoms with Crippen LogP contribution in [-0.4, -0.2) is 25.8 Å². The molecule has 2 heteroatoms. The van der Waals surface area contributed by atoms with Crippen molar-refractivity contribution in [3.8, 4) is 0 Å². The normalized spacial score (nSPS) is 26.9. The lowest BCUT2D eigenvalue weighted by atomic mass is 9.92. The van der Waals surface area contributed by atoms with Crippen molar-refractivity contribution < 1.29 is 4.74 Å². The quantitative estimate of drug-likeness (QED) is 0.838. The largest absolute Gasteiger partial charge is 0.378 e. The van der Waals surface area contributed by atoms with Crippen molar-refractivity contribution in [1.29, 1.82) is 0 Å². The van der Waals surface area contributed by atoms with Crippen LogP contribution in [0.3, 0.4) is 0 Å². The average Bonchev–Trinajstić information content (AvgIpc) is 2.74. The molecule has 16 heavy (non-hydrogen) atoms. The van der Waals surface area contributed by atoms with E-state index in [0.717, 1.165) is 13.0 Å². The SMILES string of the molecule is CNC(Cc1ccccc1)C1COC(C)C1. The second kappa shape index (κ2) is 5.46. The maximum atomic E-state index is 5.65. The Bertz CT molecular complexity index is 312. The molecule has 2 rings (SSSR count). The van der Waals surface area contributed by atoms with Gasteiger partial charge in [-0.25, -0.2) is 0 Å². The number of hydrogen-bond donors (Lipinski definition) is 1. The molecule has 3 atom stereocenters. The van der Waals surface area contributed by atoms with Gasteiger partial charge in [0.2, 0.25) is 0 Å². The lowest BCUT2D eigenvalue weighted by Crippen LogP contribution is -2.36. The fraction of sp³-hybridized carbons (Fsp3) is 0.571. The third-order valence-electron chi connectivity index (χ3n) is 3.47. The molecule has 1 aliphatic rings. The van der Waals surface area contributed by atoms with E-state index in [2.05, 4.69) is 49.6 Å². The third-order valence-corrected chi connectivity index (χ3v) is 3.47. The van der Waals surface area contributed by atoms with E-state index < -0.39 is 0 Å². The van der Waals surface area contributed by atoms with Crippen molar-refractivity contribution in [3.05, 3.63) is 35.9 Å². The van der Waals surface area contributed by atoms with Crippen LogP contribution in [0.2, 0.25) is 0 Å². The number of nitrogens with one attached hydrogen (secondary N) is 1. The Hall–Kier alpha value is -0.860. The molecular formula is C14H21NO. The maximum absolute atomic E-state index is 5.65. The Kier molecular flexibility index (Phi) is 3.97. The fourth-order valence-corrected chi connectivity index (χ4v) is 2.50. The molecule has 0 bridgehead atoms. The zero-order valence-electron chi connectivity index (χ0n) is 10.1. The van der Waals surface area contributed by atoms with Crippen molar-refractivity contribution in [3.63, 3.8) is 0 Å². The molecule has 1 heterocycles. The van der Waals surface area contributed by atoms with Crippen LogP contribution >= 0.6 is 0 Å². The highest BCUT2D eigenvalue weighted by Gasteiger charge is 2.28. The van der Waals surface area contributed by atoms with Gasteiger partial charge >= 0.3 is 0 Å². The summed E-state index contributed by atoms with van der Waals surface area (Å²) in [6, 6.07) is 11.2. The fourth-order valence-electron chi connectivity index (χ4n) is 2.50. The van der Waals surface area contributed by atoms with E-state index >= 15 is 0 Å². The first-order chi connectivity index (χ1) is 7.79. The molecule has 0 aromatic heterocycles. The Morgan fingerprint density at radius 1 is 1.38 bits per heavy atom. The number of benzene rings is 1. The molecule has 1 saturated heterocycles. The Labute approximate surface area is 98.0 Å². The van der Waals surface area contributed by atoms with E-state index in [1.165, 1.54) is 12.0 Å². The lowest BCUT2D eigenvalue weighted by molar-refractivity contribution is 0.117. The number of hydrogen-bond acceptors (Lipinski definition) is 2. The first-order valence-electron chi connectivity index (χ1n) is 6.12. The van der Waals surface area contributed by atoms with E-state index in [4.69, 9.17) is 4.74 Å². The second-order valence-corrected chi connectivity index (χ2v) is 4.72. The van der Waals surface area contributed by atoms with Crippen LogP contribution in [0.5, 0.6) is 0 Å². The number of rotatable bonds is 4. The van der Waals surface area contributed by atoms with Gasteiger partial charge in [0.15, 0.2) is 0 Å². The minimum atomic E-state index is 0.427. The van der Waals surface area contributed by atoms with Crippen LogP contribution in [0.1, 0.15) is 18.9 Å². The summed E-state index contributed by atoms with van der Waals surface area (Å²) in [6.45, 7) is 3.06. The van der Waals surface area contributed by atoms with E-state index in [9.17, 15) is 0 Å². The summed E-state index contributed by atoms with van der Waals surface area (Å²) in [5.74, 6) is 0.653. The molecular weight excluding hydrogens is 198 g/mol. The van der Waals surface area contributed by atoms with Crippen LogP contribution in [0.4, 0.5) is 0 Å². The average molecular weight is 219 g/mol. The smallest absolute Gasteiger partial charge is 0.0551 e. The van der Waals surface area contributed by atoms with Crippen molar-refractivity contribution in [1.82, 2.24) is 5.32 Å². The van der Waals surface area contributed by atoms with Crippen molar-refractivity contribution in [2.24, 2.45) is 5.92 Å². The summed E-state index contributed by atoms with van der Waals surface area (Å²) in [6.07, 6.45) is 2.70. The zero-order valence-corrected chi connectivity index (χ0v) is 10.1. The monoisotopic (exact) mass is 219 g/mol. The summed E-state index contributed by atoms with van der Waals surface area (Å²) < 4.78 is 5.65. The van der Waals surface area contributed by atoms with Crippen LogP contribution < -0.4 is 5.32 Å². The highest BCUT2D eigenvalue weighted by atomic mass is 16.5. The summed E-state index contributed by atoms with van der Waals surface area (Å²) in [4.78, 5) is 0. The molecule has 0 saturated carbocycles. The van der Waals surface area contributed by atoms with Gasteiger partial charge in [0, 0.05) is 12.0 Å². The van der Waals surface area contributed by atoms with Crippen molar-refractivity contribution in [2.45, 2.75) is 31.9 Å². The molecule has 1 aliphatic heterocycles. The van der Waals surface area contributed by atoms with Gasteiger partial charge in [-0.05, 0) is 32.4 Å². The molecule has 1 N–H and O–H groups in total. The van der Waals surface area contributed by atoms with Gasteiger partial charge in [0.25, 0.3) is 0 Å². The molecule has 1 aromatic carbocycles. The van der Waals surface area contributed by atoms with Gasteiger partial charge in [-0.15, -0.1) is 0 Å². The van der Waals surface area contributed by atoms with Crippen molar-refractivity contribution in [2.75, 3.05) is 13.7 Å². The molecule has 2 nitrogen and oxygen atoms in total. The summed E-state index contributed by atoms with van der Waals surface area (Å²) in [5, 5.41) is 3.43. The van der Waals surface area contributed by atoms with Gasteiger partial charge in [0.1, 0.15) is 0 Å². The van der Waals surface area contributed by atoms with Gasteiger partial charge in [-0.1, -0.05) is 30.3 Å². The summed E-state index contributed by atoms with van der Waals surface area (Å²) in [7, 11) is 2.05.